The molecule has 0 N–H and O–H groups in total. The number of hydrogen-bond acceptors (Lipinski definition) is 3. The quantitative estimate of drug-likeness (QED) is 0.150. The van der Waals surface area contributed by atoms with E-state index < -0.39 is 19.6 Å². The zero-order valence-corrected chi connectivity index (χ0v) is 30.8. The Hall–Kier alpha value is -5.15. The van der Waals surface area contributed by atoms with E-state index in [1.54, 1.807) is 30.5 Å². The maximum Gasteiger partial charge on any atom is 0.120 e. The average molecular weight is 860 g/mol. The van der Waals surface area contributed by atoms with Crippen LogP contribution in [0.2, 0.25) is 0 Å². The van der Waals surface area contributed by atoms with E-state index in [-0.39, 0.29) is 31.6 Å². The van der Waals surface area contributed by atoms with Gasteiger partial charge in [-0.1, -0.05) is 139 Å². The number of nitrogens with zero attached hydrogens (tertiary/aromatic N) is 2. The van der Waals surface area contributed by atoms with Crippen molar-refractivity contribution in [3.05, 3.63) is 180 Å². The molecule has 0 unspecified atom stereocenters. The van der Waals surface area contributed by atoms with E-state index in [0.29, 0.717) is 55.8 Å². The number of benzene rings is 5. The van der Waals surface area contributed by atoms with Crippen LogP contribution in [0, 0.1) is 24.9 Å². The standard InChI is InChI=1S/C30H26NO.C18H14N.Ir/c1-2-8-22(9-3-1)19-24-14-15-25(30-29(24)26-12-6-7-13-28(26)32-30)27-20-23(16-17-31-27)18-21-10-4-5-11-21;1-14-13-19-18(16-10-6-3-7-11-16)12-17(14)15-8-4-2-5-9-15;/h1-3,6-9,12-14,16-17,20-21H,4-5,10-11,18-19H2;2-10,12-13H,1H3;/q2*-1;/i18D2,19D2;1D3;. The summed E-state index contributed by atoms with van der Waals surface area (Å²) in [7, 11) is 0. The molecule has 0 bridgehead atoms. The summed E-state index contributed by atoms with van der Waals surface area (Å²) >= 11 is 0. The second kappa shape index (κ2) is 16.5. The van der Waals surface area contributed by atoms with Crippen molar-refractivity contribution in [3.8, 4) is 33.6 Å². The van der Waals surface area contributed by atoms with Gasteiger partial charge in [-0.05, 0) is 65.7 Å². The molecule has 4 heteroatoms. The number of furan rings is 1. The monoisotopic (exact) mass is 860 g/mol. The van der Waals surface area contributed by atoms with E-state index in [2.05, 4.69) is 22.1 Å². The van der Waals surface area contributed by atoms with Crippen LogP contribution in [0.4, 0.5) is 0 Å². The fourth-order valence-corrected chi connectivity index (χ4v) is 6.71. The molecule has 1 saturated carbocycles. The van der Waals surface area contributed by atoms with Crippen LogP contribution in [0.3, 0.4) is 0 Å². The van der Waals surface area contributed by atoms with E-state index in [4.69, 9.17) is 14.0 Å². The minimum atomic E-state index is -2.20. The van der Waals surface area contributed by atoms with E-state index in [1.165, 1.54) is 6.20 Å². The Morgan fingerprint density at radius 1 is 0.788 bits per heavy atom. The van der Waals surface area contributed by atoms with Crippen LogP contribution in [0.15, 0.2) is 150 Å². The number of para-hydroxylation sites is 1. The molecule has 1 aliphatic rings. The van der Waals surface area contributed by atoms with Gasteiger partial charge in [-0.3, -0.25) is 0 Å². The van der Waals surface area contributed by atoms with Gasteiger partial charge < -0.3 is 14.4 Å². The first-order valence-electron chi connectivity index (χ1n) is 20.8. The van der Waals surface area contributed by atoms with Gasteiger partial charge in [0.1, 0.15) is 5.58 Å². The second-order valence-corrected chi connectivity index (χ2v) is 12.7. The molecule has 0 amide bonds. The van der Waals surface area contributed by atoms with Gasteiger partial charge in [-0.25, -0.2) is 0 Å². The number of aromatic nitrogens is 2. The third-order valence-corrected chi connectivity index (χ3v) is 9.22. The fraction of sp³-hybridized carbons (Fsp3) is 0.167. The van der Waals surface area contributed by atoms with Gasteiger partial charge in [0.05, 0.1) is 5.58 Å². The molecule has 0 aliphatic heterocycles. The van der Waals surface area contributed by atoms with E-state index in [9.17, 15) is 0 Å². The van der Waals surface area contributed by atoms with Gasteiger partial charge in [-0.15, -0.1) is 53.6 Å². The van der Waals surface area contributed by atoms with Crippen molar-refractivity contribution >= 4 is 21.9 Å². The number of rotatable bonds is 7. The van der Waals surface area contributed by atoms with Crippen LogP contribution in [-0.4, -0.2) is 9.97 Å². The van der Waals surface area contributed by atoms with Crippen LogP contribution in [0.1, 0.15) is 57.5 Å². The Balaban J connectivity index is 0.000000198. The molecule has 3 heterocycles. The van der Waals surface area contributed by atoms with Crippen LogP contribution in [-0.2, 0) is 32.9 Å². The van der Waals surface area contributed by atoms with Gasteiger partial charge in [0.15, 0.2) is 0 Å². The number of pyridine rings is 2. The topological polar surface area (TPSA) is 38.9 Å². The van der Waals surface area contributed by atoms with Gasteiger partial charge in [0, 0.05) is 47.5 Å². The van der Waals surface area contributed by atoms with E-state index in [0.717, 1.165) is 42.2 Å². The summed E-state index contributed by atoms with van der Waals surface area (Å²) in [5.74, 6) is 0.00319. The van der Waals surface area contributed by atoms with Crippen molar-refractivity contribution < 1.29 is 34.1 Å². The summed E-state index contributed by atoms with van der Waals surface area (Å²) in [6.45, 7) is -2.20. The Kier molecular flexibility index (Phi) is 8.70. The van der Waals surface area contributed by atoms with Gasteiger partial charge >= 0.3 is 0 Å². The van der Waals surface area contributed by atoms with Crippen LogP contribution in [0.25, 0.3) is 55.6 Å². The van der Waals surface area contributed by atoms with Crippen LogP contribution >= 0.6 is 0 Å². The fourth-order valence-electron chi connectivity index (χ4n) is 6.71. The predicted octanol–water partition coefficient (Wildman–Crippen LogP) is 12.3. The molecule has 3 aromatic heterocycles. The second-order valence-electron chi connectivity index (χ2n) is 12.7. The van der Waals surface area contributed by atoms with Crippen molar-refractivity contribution in [1.29, 1.82) is 0 Å². The summed E-state index contributed by atoms with van der Waals surface area (Å²) < 4.78 is 65.2. The number of fused-ring (bicyclic) bond motifs is 3. The molecule has 0 saturated heterocycles. The first-order valence-corrected chi connectivity index (χ1v) is 17.3. The van der Waals surface area contributed by atoms with Gasteiger partial charge in [0.2, 0.25) is 0 Å². The van der Waals surface area contributed by atoms with Crippen LogP contribution in [0.5, 0.6) is 0 Å². The van der Waals surface area contributed by atoms with Crippen molar-refractivity contribution in [1.82, 2.24) is 9.97 Å². The Labute approximate surface area is 330 Å². The molecule has 1 fully saturated rings. The predicted molar refractivity (Wildman–Crippen MR) is 209 cm³/mol. The Morgan fingerprint density at radius 3 is 2.35 bits per heavy atom. The Bertz CT molecular complexity index is 2680. The van der Waals surface area contributed by atoms with Crippen LogP contribution < -0.4 is 0 Å². The zero-order valence-electron chi connectivity index (χ0n) is 35.4. The summed E-state index contributed by atoms with van der Waals surface area (Å²) in [5, 5.41) is 1.52. The molecule has 259 valence electrons. The normalized spacial score (nSPS) is 15.5. The maximum absolute atomic E-state index is 9.03. The molecular weight excluding hydrogens is 813 g/mol. The molecule has 5 aromatic carbocycles. The van der Waals surface area contributed by atoms with E-state index >= 15 is 0 Å². The molecular formula is C48H40IrN2O-2. The van der Waals surface area contributed by atoms with Gasteiger partial charge in [0.25, 0.3) is 0 Å². The van der Waals surface area contributed by atoms with Crippen molar-refractivity contribution in [2.45, 2.75) is 45.3 Å². The average Bonchev–Trinajstić information content (AvgIpc) is 3.94. The third kappa shape index (κ3) is 7.84. The minimum absolute atomic E-state index is 0. The summed E-state index contributed by atoms with van der Waals surface area (Å²) in [6.07, 6.45) is 3.83. The van der Waals surface area contributed by atoms with Crippen molar-refractivity contribution in [3.63, 3.8) is 0 Å². The molecule has 0 spiro atoms. The molecule has 0 atom stereocenters. The first kappa shape index (κ1) is 27.5. The van der Waals surface area contributed by atoms with Crippen molar-refractivity contribution in [2.75, 3.05) is 0 Å². The summed E-state index contributed by atoms with van der Waals surface area (Å²) in [6, 6.07) is 47.3. The molecule has 52 heavy (non-hydrogen) atoms. The molecule has 1 aliphatic carbocycles. The third-order valence-electron chi connectivity index (χ3n) is 9.22. The number of hydrogen-bond donors (Lipinski definition) is 0. The SMILES string of the molecule is [2H]C([2H])([2H])c1cnc(-c2[c-]cccc2)cc1-c1ccccc1.[2H]C([2H])(c1ccccc1)c1c[c-]c(-c2cc(C([2H])([2H])C3CCCC3)ccn2)c2oc3ccccc3c12.[Ir]. The smallest absolute Gasteiger partial charge is 0.120 e. The zero-order chi connectivity index (χ0) is 40.5. The maximum atomic E-state index is 9.03. The van der Waals surface area contributed by atoms with Crippen molar-refractivity contribution in [2.24, 2.45) is 5.92 Å². The largest absolute Gasteiger partial charge is 0.501 e. The first-order chi connectivity index (χ1) is 27.9. The van der Waals surface area contributed by atoms with Gasteiger partial charge in [-0.2, -0.15) is 0 Å². The number of aryl methyl sites for hydroxylation is 1. The molecule has 3 nitrogen and oxygen atoms in total. The van der Waals surface area contributed by atoms with E-state index in [1.807, 2.05) is 109 Å². The molecule has 1 radical (unpaired) electrons. The molecule has 8 aromatic rings. The summed E-state index contributed by atoms with van der Waals surface area (Å²) in [4.78, 5) is 8.88. The summed E-state index contributed by atoms with van der Waals surface area (Å²) in [5.41, 5.74) is 7.38. The minimum Gasteiger partial charge on any atom is -0.501 e. The Morgan fingerprint density at radius 2 is 1.56 bits per heavy atom. The molecule has 9 rings (SSSR count).